The number of pyridine rings is 1. The zero-order valence-corrected chi connectivity index (χ0v) is 13.3. The zero-order chi connectivity index (χ0) is 16.4. The predicted molar refractivity (Wildman–Crippen MR) is 84.7 cm³/mol. The highest BCUT2D eigenvalue weighted by molar-refractivity contribution is 5.84. The van der Waals surface area contributed by atoms with Gasteiger partial charge in [-0.05, 0) is 24.5 Å². The number of esters is 1. The lowest BCUT2D eigenvalue weighted by Gasteiger charge is -2.19. The van der Waals surface area contributed by atoms with E-state index in [-0.39, 0.29) is 11.8 Å². The minimum atomic E-state index is -0.602. The first kappa shape index (κ1) is 17.8. The Morgan fingerprint density at radius 3 is 2.77 bits per heavy atom. The molecule has 6 heteroatoms. The van der Waals surface area contributed by atoms with E-state index in [0.717, 1.165) is 5.69 Å². The average Bonchev–Trinajstić information content (AvgIpc) is 2.52. The highest BCUT2D eigenvalue weighted by Gasteiger charge is 2.24. The number of rotatable bonds is 8. The van der Waals surface area contributed by atoms with Crippen LogP contribution in [0.1, 0.15) is 32.4 Å². The van der Waals surface area contributed by atoms with E-state index < -0.39 is 12.0 Å². The van der Waals surface area contributed by atoms with E-state index in [1.54, 1.807) is 12.4 Å². The van der Waals surface area contributed by atoms with Gasteiger partial charge in [-0.2, -0.15) is 0 Å². The van der Waals surface area contributed by atoms with Crippen LogP contribution >= 0.6 is 0 Å². The Kier molecular flexibility index (Phi) is 7.81. The van der Waals surface area contributed by atoms with E-state index in [9.17, 15) is 9.59 Å². The molecule has 1 atom stereocenters. The van der Waals surface area contributed by atoms with Crippen LogP contribution in [0.25, 0.3) is 0 Å². The Hall–Kier alpha value is -2.24. The number of methoxy groups -OCH3 is 1. The van der Waals surface area contributed by atoms with Gasteiger partial charge < -0.3 is 10.1 Å². The lowest BCUT2D eigenvalue weighted by molar-refractivity contribution is -0.146. The Bertz CT molecular complexity index is 501. The second kappa shape index (κ2) is 9.65. The molecular weight excluding hydrogens is 282 g/mol. The maximum atomic E-state index is 11.8. The first-order valence-electron chi connectivity index (χ1n) is 7.32. The summed E-state index contributed by atoms with van der Waals surface area (Å²) in [6.45, 7) is 4.26. The third-order valence-electron chi connectivity index (χ3n) is 3.04. The molecular formula is C16H23N3O3. The molecule has 0 saturated carbocycles. The fourth-order valence-electron chi connectivity index (χ4n) is 1.81. The quantitative estimate of drug-likeness (QED) is 0.449. The zero-order valence-electron chi connectivity index (χ0n) is 13.3. The van der Waals surface area contributed by atoms with E-state index in [1.165, 1.54) is 7.11 Å². The smallest absolute Gasteiger partial charge is 0.328 e. The molecule has 0 spiro atoms. The van der Waals surface area contributed by atoms with Gasteiger partial charge in [-0.25, -0.2) is 4.79 Å². The van der Waals surface area contributed by atoms with Gasteiger partial charge in [0.1, 0.15) is 6.04 Å². The van der Waals surface area contributed by atoms with Crippen molar-refractivity contribution in [3.63, 3.8) is 0 Å². The highest BCUT2D eigenvalue weighted by Crippen LogP contribution is 2.04. The molecule has 1 heterocycles. The first-order valence-corrected chi connectivity index (χ1v) is 7.32. The normalized spacial score (nSPS) is 12.4. The van der Waals surface area contributed by atoms with Gasteiger partial charge in [0.05, 0.1) is 12.8 Å². The van der Waals surface area contributed by atoms with Crippen LogP contribution in [0, 0.1) is 5.92 Å². The summed E-state index contributed by atoms with van der Waals surface area (Å²) in [5, 5.41) is 2.70. The van der Waals surface area contributed by atoms with Crippen molar-refractivity contribution < 1.29 is 14.3 Å². The molecule has 22 heavy (non-hydrogen) atoms. The van der Waals surface area contributed by atoms with Crippen molar-refractivity contribution in [3.05, 3.63) is 30.1 Å². The van der Waals surface area contributed by atoms with Crippen molar-refractivity contribution in [2.75, 3.05) is 13.7 Å². The maximum absolute atomic E-state index is 11.8. The molecule has 0 aromatic carbocycles. The summed E-state index contributed by atoms with van der Waals surface area (Å²) >= 11 is 0. The Morgan fingerprint density at radius 2 is 2.18 bits per heavy atom. The summed E-state index contributed by atoms with van der Waals surface area (Å²) in [6, 6.07) is 4.99. The summed E-state index contributed by atoms with van der Waals surface area (Å²) in [5.74, 6) is -0.604. The fraction of sp³-hybridized carbons (Fsp3) is 0.500. The van der Waals surface area contributed by atoms with E-state index in [0.29, 0.717) is 19.4 Å². The number of aliphatic imine (C=N–C) groups is 1. The molecule has 0 saturated heterocycles. The van der Waals surface area contributed by atoms with Gasteiger partial charge >= 0.3 is 5.97 Å². The maximum Gasteiger partial charge on any atom is 0.328 e. The molecule has 0 aliphatic carbocycles. The highest BCUT2D eigenvalue weighted by atomic mass is 16.5. The molecule has 0 radical (unpaired) electrons. The number of hydrogen-bond acceptors (Lipinski definition) is 5. The molecule has 1 amide bonds. The summed E-state index contributed by atoms with van der Waals surface area (Å²) in [5.41, 5.74) is 0.789. The number of aromatic nitrogens is 1. The van der Waals surface area contributed by atoms with Gasteiger partial charge in [-0.1, -0.05) is 19.9 Å². The lowest BCUT2D eigenvalue weighted by Crippen LogP contribution is -2.44. The van der Waals surface area contributed by atoms with Crippen molar-refractivity contribution in [1.29, 1.82) is 0 Å². The number of hydrogen-bond donors (Lipinski definition) is 1. The standard InChI is InChI=1S/C16H23N3O3/c1-12(2)15(16(21)22-3)19-14(20)8-6-9-17-11-13-7-4-5-10-18-13/h4-5,7,10-12,15H,6,8-9H2,1-3H3,(H,19,20)/t15-/m0/s1. The molecule has 120 valence electrons. The number of ether oxygens (including phenoxy) is 1. The second-order valence-corrected chi connectivity index (χ2v) is 5.21. The number of amides is 1. The van der Waals surface area contributed by atoms with Crippen molar-refractivity contribution in [1.82, 2.24) is 10.3 Å². The minimum absolute atomic E-state index is 0.0152. The van der Waals surface area contributed by atoms with Crippen molar-refractivity contribution in [2.24, 2.45) is 10.9 Å². The second-order valence-electron chi connectivity index (χ2n) is 5.21. The molecule has 1 aromatic heterocycles. The average molecular weight is 305 g/mol. The van der Waals surface area contributed by atoms with Crippen LogP contribution in [0.3, 0.4) is 0 Å². The van der Waals surface area contributed by atoms with Crippen molar-refractivity contribution in [2.45, 2.75) is 32.7 Å². The van der Waals surface area contributed by atoms with E-state index in [2.05, 4.69) is 20.0 Å². The number of carbonyl (C=O) groups is 2. The van der Waals surface area contributed by atoms with Gasteiger partial charge in [0, 0.05) is 25.4 Å². The molecule has 0 aliphatic heterocycles. The fourth-order valence-corrected chi connectivity index (χ4v) is 1.81. The molecule has 1 N–H and O–H groups in total. The largest absolute Gasteiger partial charge is 0.467 e. The molecule has 0 aliphatic rings. The van der Waals surface area contributed by atoms with Crippen LogP contribution in [0.4, 0.5) is 0 Å². The van der Waals surface area contributed by atoms with Crippen LogP contribution < -0.4 is 5.32 Å². The van der Waals surface area contributed by atoms with Gasteiger partial charge in [0.15, 0.2) is 0 Å². The van der Waals surface area contributed by atoms with Gasteiger partial charge in [-0.15, -0.1) is 0 Å². The van der Waals surface area contributed by atoms with Crippen LogP contribution in [-0.4, -0.2) is 42.8 Å². The van der Waals surface area contributed by atoms with Crippen LogP contribution in [0.5, 0.6) is 0 Å². The summed E-state index contributed by atoms with van der Waals surface area (Å²) in [6.07, 6.45) is 4.32. The number of carbonyl (C=O) groups excluding carboxylic acids is 2. The lowest BCUT2D eigenvalue weighted by atomic mass is 10.0. The SMILES string of the molecule is COC(=O)[C@@H](NC(=O)CCCN=Cc1ccccn1)C(C)C. The summed E-state index contributed by atoms with van der Waals surface area (Å²) < 4.78 is 4.68. The molecule has 6 nitrogen and oxygen atoms in total. The molecule has 1 aromatic rings. The topological polar surface area (TPSA) is 80.6 Å². The monoisotopic (exact) mass is 305 g/mol. The summed E-state index contributed by atoms with van der Waals surface area (Å²) in [4.78, 5) is 31.7. The third kappa shape index (κ3) is 6.47. The van der Waals surface area contributed by atoms with Crippen LogP contribution in [-0.2, 0) is 14.3 Å². The Balaban J connectivity index is 2.31. The minimum Gasteiger partial charge on any atom is -0.467 e. The van der Waals surface area contributed by atoms with Gasteiger partial charge in [0.2, 0.25) is 5.91 Å². The van der Waals surface area contributed by atoms with E-state index in [1.807, 2.05) is 32.0 Å². The number of nitrogens with one attached hydrogen (secondary N) is 1. The van der Waals surface area contributed by atoms with Gasteiger partial charge in [-0.3, -0.25) is 14.8 Å². The summed E-state index contributed by atoms with van der Waals surface area (Å²) in [7, 11) is 1.32. The van der Waals surface area contributed by atoms with Gasteiger partial charge in [0.25, 0.3) is 0 Å². The number of nitrogens with zero attached hydrogens (tertiary/aromatic N) is 2. The first-order chi connectivity index (χ1) is 10.5. The molecule has 0 fully saturated rings. The van der Waals surface area contributed by atoms with Crippen LogP contribution in [0.2, 0.25) is 0 Å². The Morgan fingerprint density at radius 1 is 1.41 bits per heavy atom. The molecule has 1 rings (SSSR count). The van der Waals surface area contributed by atoms with Crippen LogP contribution in [0.15, 0.2) is 29.4 Å². The third-order valence-corrected chi connectivity index (χ3v) is 3.04. The van der Waals surface area contributed by atoms with E-state index >= 15 is 0 Å². The molecule has 0 bridgehead atoms. The van der Waals surface area contributed by atoms with Crippen molar-refractivity contribution >= 4 is 18.1 Å². The Labute approximate surface area is 131 Å². The predicted octanol–water partition coefficient (Wildman–Crippen LogP) is 1.59. The van der Waals surface area contributed by atoms with E-state index in [4.69, 9.17) is 0 Å². The molecule has 0 unspecified atom stereocenters. The van der Waals surface area contributed by atoms with Crippen molar-refractivity contribution in [3.8, 4) is 0 Å².